The summed E-state index contributed by atoms with van der Waals surface area (Å²) in [7, 11) is 0. The number of amides is 14. The van der Waals surface area contributed by atoms with Crippen LogP contribution in [0, 0.1) is 5.92 Å². The highest BCUT2D eigenvalue weighted by Gasteiger charge is 2.47. The SMILES string of the molecule is CC(C)C[C@H](NC(=O)[C@H](CO)NC(=O)CNC(=O)[C@H](Cc1ccc(O)cc1)NC(=O)[C@H](C)NC(=O)[C@H](CO)NC(=O)[C@H](C)N)C(=O)NCC(=O)NCC(=O)N1CCC[C@H]1C(=O)N[C@@H](C)C(=O)N1CCC[C@H]1C(=O)N1CCC[C@H]1C(=O)N1CCC[C@H]1C(=O)N[C@@H](C)C(=O)O. The van der Waals surface area contributed by atoms with Crippen molar-refractivity contribution in [2.75, 3.05) is 59.0 Å². The summed E-state index contributed by atoms with van der Waals surface area (Å²) in [5, 5.41) is 62.8. The van der Waals surface area contributed by atoms with Crippen molar-refractivity contribution in [3.63, 3.8) is 0 Å². The molecule has 12 atom stereocenters. The largest absolute Gasteiger partial charge is 0.508 e. The third kappa shape index (κ3) is 21.2. The van der Waals surface area contributed by atoms with Gasteiger partial charge in [-0.05, 0) is 109 Å². The van der Waals surface area contributed by atoms with Crippen LogP contribution in [-0.4, -0.2) is 260 Å². The van der Waals surface area contributed by atoms with E-state index in [4.69, 9.17) is 5.73 Å². The third-order valence-corrected chi connectivity index (χ3v) is 16.3. The molecule has 1 aromatic carbocycles. The molecule has 5 rings (SSSR count). The molecule has 93 heavy (non-hydrogen) atoms. The lowest BCUT2D eigenvalue weighted by Crippen LogP contribution is -2.58. The molecule has 34 heteroatoms. The lowest BCUT2D eigenvalue weighted by Gasteiger charge is -2.34. The second-order valence-electron chi connectivity index (χ2n) is 24.0. The summed E-state index contributed by atoms with van der Waals surface area (Å²) in [6.45, 7) is 5.73. The molecular formula is C59H89N15O19. The molecule has 4 aliphatic heterocycles. The van der Waals surface area contributed by atoms with Crippen molar-refractivity contribution in [2.24, 2.45) is 11.7 Å². The van der Waals surface area contributed by atoms with Crippen LogP contribution in [0.15, 0.2) is 24.3 Å². The maximum absolute atomic E-state index is 14.2. The van der Waals surface area contributed by atoms with E-state index >= 15 is 0 Å². The standard InChI is InChI=1S/C59H89N15O19/c1-30(2)23-37(69-53(86)39(28-75)67-46(79)26-63-51(84)38(24-35-15-17-36(77)18-16-35)68-49(82)32(4)64-52(85)40(29-76)70-48(81)31(3)60)50(83)62-25-45(78)61-27-47(80)71-19-7-11-41(71)54(87)65-33(5)56(89)73-21-9-13-43(73)58(91)74-22-10-14-44(74)57(90)72-20-8-12-42(72)55(88)66-34(6)59(92)93/h15-18,30-34,37-44,75-77H,7-14,19-29,60H2,1-6H3,(H,61,78)(H,62,83)(H,63,84)(H,64,85)(H,65,87)(H,66,88)(H,67,79)(H,68,82)(H,69,86)(H,70,81)(H,92,93)/t31-,32-,33-,34-,37-,38-,39-,40-,41-,42-,43-,44-/m0/s1. The average molecular weight is 1310 g/mol. The summed E-state index contributed by atoms with van der Waals surface area (Å²) in [6, 6.07) is -8.78. The van der Waals surface area contributed by atoms with Gasteiger partial charge in [0.1, 0.15) is 72.2 Å². The van der Waals surface area contributed by atoms with Gasteiger partial charge in [-0.25, -0.2) is 0 Å². The predicted molar refractivity (Wildman–Crippen MR) is 325 cm³/mol. The molecule has 0 bridgehead atoms. The quantitative estimate of drug-likeness (QED) is 0.0329. The molecule has 514 valence electrons. The first-order chi connectivity index (χ1) is 44.0. The zero-order valence-electron chi connectivity index (χ0n) is 53.0. The Kier molecular flexibility index (Phi) is 28.2. The lowest BCUT2D eigenvalue weighted by molar-refractivity contribution is -0.151. The van der Waals surface area contributed by atoms with Gasteiger partial charge in [-0.2, -0.15) is 0 Å². The van der Waals surface area contributed by atoms with Gasteiger partial charge in [-0.3, -0.25) is 71.9 Å². The Bertz CT molecular complexity index is 2930. The summed E-state index contributed by atoms with van der Waals surface area (Å²) < 4.78 is 0. The molecule has 0 saturated carbocycles. The maximum atomic E-state index is 14.2. The predicted octanol–water partition coefficient (Wildman–Crippen LogP) is -6.84. The van der Waals surface area contributed by atoms with Crippen molar-refractivity contribution < 1.29 is 92.3 Å². The van der Waals surface area contributed by atoms with E-state index in [1.807, 2.05) is 0 Å². The summed E-state index contributed by atoms with van der Waals surface area (Å²) in [4.78, 5) is 204. The van der Waals surface area contributed by atoms with Crippen molar-refractivity contribution in [3.05, 3.63) is 29.8 Å². The summed E-state index contributed by atoms with van der Waals surface area (Å²) in [6.07, 6.45) is 2.84. The van der Waals surface area contributed by atoms with Gasteiger partial charge in [0.2, 0.25) is 82.7 Å². The number of aliphatic carboxylic acids is 1. The smallest absolute Gasteiger partial charge is 0.325 e. The molecule has 4 heterocycles. The molecule has 0 radical (unpaired) electrons. The number of hydrogen-bond acceptors (Lipinski definition) is 19. The second-order valence-corrected chi connectivity index (χ2v) is 24.0. The number of hydrogen-bond donors (Lipinski definition) is 15. The van der Waals surface area contributed by atoms with E-state index in [9.17, 15) is 92.3 Å². The van der Waals surface area contributed by atoms with E-state index in [2.05, 4.69) is 53.2 Å². The molecule has 0 aromatic heterocycles. The molecule has 0 aliphatic carbocycles. The van der Waals surface area contributed by atoms with Gasteiger partial charge in [0.05, 0.1) is 38.9 Å². The Labute approximate surface area is 536 Å². The fourth-order valence-electron chi connectivity index (χ4n) is 11.2. The molecule has 0 spiro atoms. The number of phenols is 1. The highest BCUT2D eigenvalue weighted by atomic mass is 16.4. The molecule has 4 saturated heterocycles. The number of nitrogens with two attached hydrogens (primary N) is 1. The fourth-order valence-corrected chi connectivity index (χ4v) is 11.2. The Hall–Kier alpha value is -9.05. The Balaban J connectivity index is 1.08. The highest BCUT2D eigenvalue weighted by Crippen LogP contribution is 2.29. The zero-order chi connectivity index (χ0) is 69.0. The Morgan fingerprint density at radius 2 is 0.925 bits per heavy atom. The molecule has 0 unspecified atom stereocenters. The highest BCUT2D eigenvalue weighted by molar-refractivity contribution is 6.00. The van der Waals surface area contributed by atoms with Crippen LogP contribution in [0.5, 0.6) is 5.75 Å². The van der Waals surface area contributed by atoms with Gasteiger partial charge in [0.15, 0.2) is 0 Å². The number of aliphatic hydroxyl groups is 2. The fraction of sp³-hybridized carbons (Fsp3) is 0.644. The van der Waals surface area contributed by atoms with Crippen LogP contribution >= 0.6 is 0 Å². The summed E-state index contributed by atoms with van der Waals surface area (Å²) in [5.41, 5.74) is 5.96. The third-order valence-electron chi connectivity index (χ3n) is 16.3. The number of rotatable bonds is 31. The van der Waals surface area contributed by atoms with Gasteiger partial charge in [0, 0.05) is 32.6 Å². The monoisotopic (exact) mass is 1310 g/mol. The first-order valence-corrected chi connectivity index (χ1v) is 31.1. The number of carbonyl (C=O) groups excluding carboxylic acids is 14. The topological polar surface area (TPSA) is 496 Å². The van der Waals surface area contributed by atoms with Gasteiger partial charge in [0.25, 0.3) is 0 Å². The van der Waals surface area contributed by atoms with Crippen molar-refractivity contribution >= 4 is 88.7 Å². The van der Waals surface area contributed by atoms with Crippen molar-refractivity contribution in [3.8, 4) is 5.75 Å². The number of phenolic OH excluding ortho intramolecular Hbond substituents is 1. The van der Waals surface area contributed by atoms with E-state index in [0.29, 0.717) is 50.5 Å². The number of aromatic hydroxyl groups is 1. The van der Waals surface area contributed by atoms with Gasteiger partial charge >= 0.3 is 5.97 Å². The number of aliphatic hydroxyl groups excluding tert-OH is 2. The number of carboxylic acid groups (broad SMARTS) is 1. The Morgan fingerprint density at radius 1 is 0.473 bits per heavy atom. The summed E-state index contributed by atoms with van der Waals surface area (Å²) in [5.74, 6) is -12.2. The molecule has 4 fully saturated rings. The maximum Gasteiger partial charge on any atom is 0.325 e. The van der Waals surface area contributed by atoms with Gasteiger partial charge in [-0.15, -0.1) is 0 Å². The van der Waals surface area contributed by atoms with E-state index < -0.39 is 194 Å². The number of carbonyl (C=O) groups is 15. The van der Waals surface area contributed by atoms with E-state index in [-0.39, 0.29) is 57.1 Å². The number of likely N-dealkylation sites (tertiary alicyclic amines) is 4. The molecule has 16 N–H and O–H groups in total. The molecule has 1 aromatic rings. The minimum Gasteiger partial charge on any atom is -0.508 e. The zero-order valence-corrected chi connectivity index (χ0v) is 53.0. The van der Waals surface area contributed by atoms with Crippen LogP contribution < -0.4 is 58.9 Å². The van der Waals surface area contributed by atoms with E-state index in [1.54, 1.807) is 13.8 Å². The van der Waals surface area contributed by atoms with Crippen LogP contribution in [0.1, 0.15) is 105 Å². The minimum absolute atomic E-state index is 0.00589. The van der Waals surface area contributed by atoms with Crippen molar-refractivity contribution in [2.45, 2.75) is 178 Å². The molecular weight excluding hydrogens is 1220 g/mol. The van der Waals surface area contributed by atoms with Crippen LogP contribution in [0.25, 0.3) is 0 Å². The molecule has 4 aliphatic rings. The normalized spacial score (nSPS) is 20.3. The minimum atomic E-state index is -1.68. The first kappa shape index (κ1) is 74.7. The van der Waals surface area contributed by atoms with Gasteiger partial charge in [-0.1, -0.05) is 26.0 Å². The Morgan fingerprint density at radius 3 is 1.47 bits per heavy atom. The van der Waals surface area contributed by atoms with Crippen LogP contribution in [0.3, 0.4) is 0 Å². The van der Waals surface area contributed by atoms with Crippen LogP contribution in [0.2, 0.25) is 0 Å². The first-order valence-electron chi connectivity index (χ1n) is 31.1. The van der Waals surface area contributed by atoms with Gasteiger partial charge < -0.3 is 98.9 Å². The number of nitrogens with zero attached hydrogens (tertiary/aromatic N) is 4. The number of nitrogens with one attached hydrogen (secondary N) is 10. The van der Waals surface area contributed by atoms with Crippen LogP contribution in [0.4, 0.5) is 0 Å². The van der Waals surface area contributed by atoms with E-state index in [1.165, 1.54) is 71.6 Å². The van der Waals surface area contributed by atoms with E-state index in [0.717, 1.165) is 0 Å². The molecule has 14 amide bonds. The number of benzene rings is 1. The summed E-state index contributed by atoms with van der Waals surface area (Å²) >= 11 is 0. The lowest BCUT2D eigenvalue weighted by atomic mass is 10.0. The van der Waals surface area contributed by atoms with Crippen LogP contribution in [-0.2, 0) is 78.3 Å². The second kappa shape index (κ2) is 35.1. The average Bonchev–Trinajstić information content (AvgIpc) is 1.69. The number of carboxylic acids is 1. The van der Waals surface area contributed by atoms with Crippen molar-refractivity contribution in [1.82, 2.24) is 72.8 Å². The van der Waals surface area contributed by atoms with Crippen molar-refractivity contribution in [1.29, 1.82) is 0 Å². The molecule has 34 nitrogen and oxygen atoms in total.